The number of aliphatic carboxylic acids is 2. The smallest absolute Gasteiger partial charge is 0.481 e. The number of benzene rings is 2. The predicted octanol–water partition coefficient (Wildman–Crippen LogP) is 9.24. The molecule has 0 aliphatic heterocycles. The van der Waals surface area contributed by atoms with Crippen molar-refractivity contribution in [1.82, 2.24) is 10.6 Å². The van der Waals surface area contributed by atoms with Crippen LogP contribution in [0.1, 0.15) is 77.0 Å². The molecule has 0 fully saturated rings. The van der Waals surface area contributed by atoms with Crippen LogP contribution in [0.5, 0.6) is 11.5 Å². The van der Waals surface area contributed by atoms with Crippen LogP contribution in [0.4, 0.5) is 57.1 Å². The minimum Gasteiger partial charge on any atom is -0.481 e. The first kappa shape index (κ1) is 69.2. The van der Waals surface area contributed by atoms with Gasteiger partial charge in [0, 0.05) is 32.4 Å². The fourth-order valence-corrected chi connectivity index (χ4v) is 4.36. The Balaban J connectivity index is -0.000000856. The highest BCUT2D eigenvalue weighted by atomic mass is 79.9. The molecule has 0 radical (unpaired) electrons. The summed E-state index contributed by atoms with van der Waals surface area (Å²) in [5.41, 5.74) is 5.20. The average molecular weight is 1280 g/mol. The van der Waals surface area contributed by atoms with Gasteiger partial charge in [0.1, 0.15) is 0 Å². The third-order valence-electron chi connectivity index (χ3n) is 7.19. The van der Waals surface area contributed by atoms with Crippen molar-refractivity contribution in [1.29, 1.82) is 0 Å². The monoisotopic (exact) mass is 1280 g/mol. The Morgan fingerprint density at radius 3 is 1.07 bits per heavy atom. The van der Waals surface area contributed by atoms with Crippen molar-refractivity contribution in [2.75, 3.05) is 35.6 Å². The number of esters is 2. The molecule has 2 aromatic carbocycles. The number of amides is 2. The zero-order chi connectivity index (χ0) is 54.0. The maximum atomic E-state index is 13.3. The van der Waals surface area contributed by atoms with Crippen LogP contribution in [0.25, 0.3) is 0 Å². The van der Waals surface area contributed by atoms with E-state index in [0.717, 1.165) is 32.1 Å². The number of alkyl halides is 6. The van der Waals surface area contributed by atoms with Gasteiger partial charge in [-0.3, -0.25) is 28.8 Å². The third kappa shape index (κ3) is 31.7. The van der Waals surface area contributed by atoms with Crippen molar-refractivity contribution in [3.8, 4) is 11.5 Å². The molecule has 0 aliphatic rings. The van der Waals surface area contributed by atoms with Gasteiger partial charge in [-0.05, 0) is 61.0 Å². The number of halogens is 17. The lowest BCUT2D eigenvalue weighted by Crippen LogP contribution is -2.29. The summed E-state index contributed by atoms with van der Waals surface area (Å²) in [5, 5.41) is 22.6. The van der Waals surface area contributed by atoms with Crippen molar-refractivity contribution in [3.63, 3.8) is 0 Å². The summed E-state index contributed by atoms with van der Waals surface area (Å²) < 4.78 is 171. The number of carboxylic acid groups (broad SMARTS) is 2. The van der Waals surface area contributed by atoms with Crippen LogP contribution in [0.2, 0.25) is 0 Å². The van der Waals surface area contributed by atoms with Gasteiger partial charge in [0.05, 0.1) is 16.0 Å². The van der Waals surface area contributed by atoms with E-state index in [4.69, 9.17) is 15.9 Å². The van der Waals surface area contributed by atoms with E-state index in [0.29, 0.717) is 49.6 Å². The number of nitrogens with one attached hydrogen (secondary N) is 2. The summed E-state index contributed by atoms with van der Waals surface area (Å²) >= 11 is 11.6. The first-order chi connectivity index (χ1) is 32.1. The highest BCUT2D eigenvalue weighted by Crippen LogP contribution is 2.31. The zero-order valence-corrected chi connectivity index (χ0v) is 41.6. The quantitative estimate of drug-likeness (QED) is 0.0109. The number of carbonyl (C=O) groups is 7. The molecular weight excluding hydrogens is 1240 g/mol. The molecule has 0 aliphatic carbocycles. The molecule has 0 heterocycles. The maximum absolute atomic E-state index is 13.3. The molecule has 0 aromatic heterocycles. The summed E-state index contributed by atoms with van der Waals surface area (Å²) in [5.74, 6) is -33.9. The van der Waals surface area contributed by atoms with Crippen molar-refractivity contribution < 1.29 is 110 Å². The number of unbranched alkanes of at least 4 members (excludes halogenated alkanes) is 6. The van der Waals surface area contributed by atoms with Gasteiger partial charge in [0.15, 0.2) is 0 Å². The Kier molecular flexibility index (Phi) is 38.7. The minimum absolute atomic E-state index is 0.0162. The first-order valence-electron chi connectivity index (χ1n) is 19.1. The van der Waals surface area contributed by atoms with Gasteiger partial charge < -0.3 is 36.1 Å². The lowest BCUT2D eigenvalue weighted by atomic mass is 10.2. The SMILES string of the molecule is NCCCCCC(=O)O.O=C(Br)CBr.O=C(CBr)NCCCCCC(=O)Oc1c(F)c(F)c(F)c(F)c1F.O=C(O)CCCCCNC(=O)CBr.O=C(Oc1c(F)c(F)c(F)c(F)c1F)C(F)(F)F. The van der Waals surface area contributed by atoms with Crippen LogP contribution in [-0.2, 0) is 33.6 Å². The van der Waals surface area contributed by atoms with Crippen LogP contribution < -0.4 is 25.8 Å². The zero-order valence-electron chi connectivity index (χ0n) is 35.3. The third-order valence-corrected chi connectivity index (χ3v) is 9.75. The summed E-state index contributed by atoms with van der Waals surface area (Å²) in [6.45, 7) is 1.68. The van der Waals surface area contributed by atoms with Crippen LogP contribution in [0, 0.1) is 58.2 Å². The topological polar surface area (TPSA) is 228 Å². The van der Waals surface area contributed by atoms with Gasteiger partial charge in [0.2, 0.25) is 86.2 Å². The van der Waals surface area contributed by atoms with Crippen molar-refractivity contribution in [2.24, 2.45) is 5.73 Å². The largest absolute Gasteiger partial charge is 0.491 e. The molecule has 14 nitrogen and oxygen atoms in total. The molecule has 69 heavy (non-hydrogen) atoms. The van der Waals surface area contributed by atoms with Gasteiger partial charge in [-0.15, -0.1) is 0 Å². The van der Waals surface area contributed by atoms with Gasteiger partial charge in [-0.25, -0.2) is 31.1 Å². The molecular formula is C38H42Br4F13N3O11. The first-order valence-corrected chi connectivity index (χ1v) is 23.3. The van der Waals surface area contributed by atoms with Crippen LogP contribution in [0.3, 0.4) is 0 Å². The summed E-state index contributed by atoms with van der Waals surface area (Å²) in [6, 6.07) is 0. The predicted molar refractivity (Wildman–Crippen MR) is 231 cm³/mol. The number of hydrogen-bond acceptors (Lipinski definition) is 10. The van der Waals surface area contributed by atoms with Crippen molar-refractivity contribution >= 4 is 104 Å². The summed E-state index contributed by atoms with van der Waals surface area (Å²) in [4.78, 5) is 73.0. The van der Waals surface area contributed by atoms with Crippen molar-refractivity contribution in [2.45, 2.75) is 83.2 Å². The van der Waals surface area contributed by atoms with E-state index >= 15 is 0 Å². The van der Waals surface area contributed by atoms with Gasteiger partial charge in [0.25, 0.3) is 0 Å². The molecule has 6 N–H and O–H groups in total. The molecule has 0 atom stereocenters. The van der Waals surface area contributed by atoms with Crippen molar-refractivity contribution in [3.05, 3.63) is 58.2 Å². The van der Waals surface area contributed by atoms with E-state index in [-0.39, 0.29) is 47.5 Å². The second-order valence-electron chi connectivity index (χ2n) is 12.6. The molecule has 2 aromatic rings. The van der Waals surface area contributed by atoms with Gasteiger partial charge in [-0.2, -0.15) is 30.7 Å². The van der Waals surface area contributed by atoms with Crippen LogP contribution in [0.15, 0.2) is 0 Å². The number of rotatable bonds is 22. The lowest BCUT2D eigenvalue weighted by Gasteiger charge is -2.09. The van der Waals surface area contributed by atoms with Crippen LogP contribution >= 0.6 is 63.7 Å². The van der Waals surface area contributed by atoms with E-state index in [1.54, 1.807) is 0 Å². The Morgan fingerprint density at radius 2 is 0.783 bits per heavy atom. The summed E-state index contributed by atoms with van der Waals surface area (Å²) in [6.07, 6.45) is 0.864. The number of carboxylic acids is 2. The molecule has 394 valence electrons. The Hall–Kier alpha value is -4.10. The molecule has 0 unspecified atom stereocenters. The lowest BCUT2D eigenvalue weighted by molar-refractivity contribution is -0.190. The minimum atomic E-state index is -5.65. The molecule has 2 amide bonds. The normalized spacial score (nSPS) is 10.3. The standard InChI is InChI=1S/C14H13BrF5NO3.C8H14BrNO3.C8F8O2.C6H13NO2.C2H2Br2O/c15-6-7(22)21-5-3-1-2-4-8(23)24-14-12(19)10(17)9(16)11(18)13(14)20;9-6-7(11)10-5-3-1-2-4-8(12)13;9-1-2(10)4(12)6(5(13)3(1)11)18-7(17)8(14,15)16;7-5-3-1-2-4-6(8)9;3-1-2(4)5/h1-6H2,(H,21,22);1-6H2,(H,10,11)(H,12,13);;1-5,7H2,(H,8,9);1H2. The molecule has 0 saturated heterocycles. The fourth-order valence-electron chi connectivity index (χ4n) is 3.96. The van der Waals surface area contributed by atoms with E-state index in [2.05, 4.69) is 83.8 Å². The van der Waals surface area contributed by atoms with Gasteiger partial charge >= 0.3 is 30.1 Å². The molecule has 2 rings (SSSR count). The van der Waals surface area contributed by atoms with E-state index in [9.17, 15) is 90.6 Å². The number of nitrogens with two attached hydrogens (primary N) is 1. The number of hydrogen-bond donors (Lipinski definition) is 5. The van der Waals surface area contributed by atoms with Gasteiger partial charge in [-0.1, -0.05) is 67.1 Å². The summed E-state index contributed by atoms with van der Waals surface area (Å²) in [7, 11) is 0. The second kappa shape index (κ2) is 38.6. The molecule has 0 saturated carbocycles. The number of ether oxygens (including phenoxy) is 2. The number of carbonyl (C=O) groups excluding carboxylic acids is 5. The van der Waals surface area contributed by atoms with E-state index in [1.165, 1.54) is 0 Å². The van der Waals surface area contributed by atoms with Crippen LogP contribution in [-0.4, -0.2) is 92.4 Å². The highest BCUT2D eigenvalue weighted by molar-refractivity contribution is 9.19. The van der Waals surface area contributed by atoms with E-state index < -0.39 is 99.7 Å². The fraction of sp³-hybridized carbons (Fsp3) is 0.500. The maximum Gasteiger partial charge on any atom is 0.491 e. The molecule has 0 bridgehead atoms. The Bertz CT molecular complexity index is 1930. The Morgan fingerprint density at radius 1 is 0.478 bits per heavy atom. The average Bonchev–Trinajstić information content (AvgIpc) is 3.30. The van der Waals surface area contributed by atoms with E-state index in [1.807, 2.05) is 0 Å². The molecule has 0 spiro atoms. The molecule has 31 heteroatoms. The Labute approximate surface area is 417 Å². The highest BCUT2D eigenvalue weighted by Gasteiger charge is 2.43. The second-order valence-corrected chi connectivity index (χ2v) is 15.2.